The van der Waals surface area contributed by atoms with Gasteiger partial charge in [0.25, 0.3) is 5.91 Å². The normalized spacial score (nSPS) is 14.8. The number of nitrogens with zero attached hydrogens (tertiary/aromatic N) is 3. The lowest BCUT2D eigenvalue weighted by Gasteiger charge is -2.20. The predicted octanol–water partition coefficient (Wildman–Crippen LogP) is 3.31. The van der Waals surface area contributed by atoms with Gasteiger partial charge in [0, 0.05) is 36.8 Å². The van der Waals surface area contributed by atoms with Crippen LogP contribution in [0.15, 0.2) is 54.9 Å². The quantitative estimate of drug-likeness (QED) is 0.715. The Balaban J connectivity index is 1.38. The number of aromatic nitrogens is 2. The van der Waals surface area contributed by atoms with E-state index >= 15 is 0 Å². The highest BCUT2D eigenvalue weighted by Gasteiger charge is 2.19. The van der Waals surface area contributed by atoms with Gasteiger partial charge in [-0.25, -0.2) is 4.98 Å². The summed E-state index contributed by atoms with van der Waals surface area (Å²) in [5, 5.41) is 3.95. The van der Waals surface area contributed by atoms with Crippen molar-refractivity contribution in [2.45, 2.75) is 32.4 Å². The number of rotatable bonds is 6. The van der Waals surface area contributed by atoms with E-state index < -0.39 is 6.10 Å². The minimum atomic E-state index is -0.616. The Bertz CT molecular complexity index is 969. The number of anilines is 1. The highest BCUT2D eigenvalue weighted by molar-refractivity contribution is 5.82. The predicted molar refractivity (Wildman–Crippen MR) is 109 cm³/mol. The molecule has 1 amide bonds. The standard InChI is InChI=1S/C22H24N4O2/c1-16(28-19-13-17-7-2-3-9-20(17)24-15-19)22(27)25-14-18-8-6-10-23-21(18)26-11-4-5-12-26/h2-3,6-10,13,15-16H,4-5,11-12,14H2,1H3,(H,25,27)/t16-/m0/s1. The van der Waals surface area contributed by atoms with Crippen molar-refractivity contribution in [1.29, 1.82) is 0 Å². The molecule has 0 unspecified atom stereocenters. The average Bonchev–Trinajstić information content (AvgIpc) is 3.27. The molecule has 28 heavy (non-hydrogen) atoms. The van der Waals surface area contributed by atoms with Crippen LogP contribution in [0.4, 0.5) is 5.82 Å². The summed E-state index contributed by atoms with van der Waals surface area (Å²) in [6, 6.07) is 13.6. The summed E-state index contributed by atoms with van der Waals surface area (Å²) in [6.07, 6.45) is 5.21. The molecule has 1 aliphatic rings. The van der Waals surface area contributed by atoms with Crippen molar-refractivity contribution in [2.75, 3.05) is 18.0 Å². The molecule has 3 aromatic rings. The topological polar surface area (TPSA) is 67.3 Å². The third-order valence-corrected chi connectivity index (χ3v) is 4.97. The van der Waals surface area contributed by atoms with Crippen molar-refractivity contribution in [3.63, 3.8) is 0 Å². The van der Waals surface area contributed by atoms with Gasteiger partial charge in [-0.1, -0.05) is 24.3 Å². The fourth-order valence-electron chi connectivity index (χ4n) is 3.48. The van der Waals surface area contributed by atoms with E-state index in [9.17, 15) is 4.79 Å². The van der Waals surface area contributed by atoms with Crippen molar-refractivity contribution in [3.8, 4) is 5.75 Å². The van der Waals surface area contributed by atoms with Gasteiger partial charge < -0.3 is 15.0 Å². The van der Waals surface area contributed by atoms with Gasteiger partial charge in [0.1, 0.15) is 11.6 Å². The lowest BCUT2D eigenvalue weighted by atomic mass is 10.2. The number of ether oxygens (including phenoxy) is 1. The van der Waals surface area contributed by atoms with Crippen molar-refractivity contribution < 1.29 is 9.53 Å². The number of nitrogens with one attached hydrogen (secondary N) is 1. The first-order chi connectivity index (χ1) is 13.7. The Morgan fingerprint density at radius 3 is 2.86 bits per heavy atom. The van der Waals surface area contributed by atoms with E-state index in [1.54, 1.807) is 19.3 Å². The van der Waals surface area contributed by atoms with Crippen LogP contribution < -0.4 is 15.0 Å². The molecule has 1 saturated heterocycles. The molecule has 6 nitrogen and oxygen atoms in total. The molecule has 1 N–H and O–H groups in total. The molecule has 0 spiro atoms. The van der Waals surface area contributed by atoms with Crippen LogP contribution in [0.1, 0.15) is 25.3 Å². The van der Waals surface area contributed by atoms with Crippen LogP contribution in [-0.4, -0.2) is 35.1 Å². The lowest BCUT2D eigenvalue weighted by Crippen LogP contribution is -2.36. The lowest BCUT2D eigenvalue weighted by molar-refractivity contribution is -0.127. The summed E-state index contributed by atoms with van der Waals surface area (Å²) >= 11 is 0. The third kappa shape index (κ3) is 4.06. The second kappa shape index (κ2) is 8.25. The molecular formula is C22H24N4O2. The monoisotopic (exact) mass is 376 g/mol. The van der Waals surface area contributed by atoms with Crippen LogP contribution in [0.3, 0.4) is 0 Å². The molecule has 4 rings (SSSR count). The van der Waals surface area contributed by atoms with Crippen LogP contribution in [0.5, 0.6) is 5.75 Å². The number of hydrogen-bond acceptors (Lipinski definition) is 5. The minimum Gasteiger partial charge on any atom is -0.479 e. The van der Waals surface area contributed by atoms with Gasteiger partial charge in [-0.15, -0.1) is 0 Å². The maximum absolute atomic E-state index is 12.5. The Labute approximate surface area is 164 Å². The third-order valence-electron chi connectivity index (χ3n) is 4.97. The van der Waals surface area contributed by atoms with Gasteiger partial charge in [0.15, 0.2) is 6.10 Å². The van der Waals surface area contributed by atoms with E-state index in [4.69, 9.17) is 4.74 Å². The zero-order chi connectivity index (χ0) is 19.3. The number of carbonyl (C=O) groups excluding carboxylic acids is 1. The molecule has 144 valence electrons. The largest absolute Gasteiger partial charge is 0.479 e. The molecule has 0 bridgehead atoms. The maximum Gasteiger partial charge on any atom is 0.261 e. The number of hydrogen-bond donors (Lipinski definition) is 1. The fraction of sp³-hybridized carbons (Fsp3) is 0.318. The van der Waals surface area contributed by atoms with E-state index in [1.165, 1.54) is 12.8 Å². The van der Waals surface area contributed by atoms with Crippen LogP contribution in [-0.2, 0) is 11.3 Å². The number of pyridine rings is 2. The molecule has 1 aliphatic heterocycles. The summed E-state index contributed by atoms with van der Waals surface area (Å²) in [5.41, 5.74) is 1.93. The molecule has 0 radical (unpaired) electrons. The van der Waals surface area contributed by atoms with Gasteiger partial charge in [0.2, 0.25) is 0 Å². The Morgan fingerprint density at radius 1 is 1.18 bits per heavy atom. The second-order valence-corrected chi connectivity index (χ2v) is 7.02. The maximum atomic E-state index is 12.5. The second-order valence-electron chi connectivity index (χ2n) is 7.02. The van der Waals surface area contributed by atoms with Crippen molar-refractivity contribution >= 4 is 22.6 Å². The number of benzene rings is 1. The molecule has 1 aromatic carbocycles. The van der Waals surface area contributed by atoms with Crippen molar-refractivity contribution in [3.05, 3.63) is 60.4 Å². The van der Waals surface area contributed by atoms with Gasteiger partial charge in [-0.2, -0.15) is 0 Å². The van der Waals surface area contributed by atoms with Crippen LogP contribution in [0.2, 0.25) is 0 Å². The Hall–Kier alpha value is -3.15. The number of fused-ring (bicyclic) bond motifs is 1. The molecule has 0 saturated carbocycles. The van der Waals surface area contributed by atoms with E-state index in [-0.39, 0.29) is 5.91 Å². The molecule has 3 heterocycles. The minimum absolute atomic E-state index is 0.163. The molecule has 1 atom stereocenters. The zero-order valence-electron chi connectivity index (χ0n) is 16.0. The molecule has 1 fully saturated rings. The first-order valence-corrected chi connectivity index (χ1v) is 9.69. The average molecular weight is 376 g/mol. The van der Waals surface area contributed by atoms with Crippen LogP contribution in [0.25, 0.3) is 10.9 Å². The highest BCUT2D eigenvalue weighted by atomic mass is 16.5. The molecular weight excluding hydrogens is 352 g/mol. The number of carbonyl (C=O) groups is 1. The summed E-state index contributed by atoms with van der Waals surface area (Å²) in [7, 11) is 0. The SMILES string of the molecule is C[C@H](Oc1cnc2ccccc2c1)C(=O)NCc1cccnc1N1CCCC1. The van der Waals surface area contributed by atoms with E-state index in [1.807, 2.05) is 42.5 Å². The van der Waals surface area contributed by atoms with Crippen molar-refractivity contribution in [1.82, 2.24) is 15.3 Å². The first-order valence-electron chi connectivity index (χ1n) is 9.69. The summed E-state index contributed by atoms with van der Waals surface area (Å²) in [6.45, 7) is 4.22. The number of para-hydroxylation sites is 1. The van der Waals surface area contributed by atoms with E-state index in [0.717, 1.165) is 35.4 Å². The molecule has 6 heteroatoms. The highest BCUT2D eigenvalue weighted by Crippen LogP contribution is 2.22. The van der Waals surface area contributed by atoms with Crippen molar-refractivity contribution in [2.24, 2.45) is 0 Å². The van der Waals surface area contributed by atoms with E-state index in [0.29, 0.717) is 12.3 Å². The van der Waals surface area contributed by atoms with Crippen LogP contribution >= 0.6 is 0 Å². The summed E-state index contributed by atoms with van der Waals surface area (Å²) in [5.74, 6) is 1.39. The van der Waals surface area contributed by atoms with Gasteiger partial charge in [0.05, 0.1) is 11.7 Å². The fourth-order valence-corrected chi connectivity index (χ4v) is 3.48. The zero-order valence-corrected chi connectivity index (χ0v) is 16.0. The summed E-state index contributed by atoms with van der Waals surface area (Å²) < 4.78 is 5.80. The smallest absolute Gasteiger partial charge is 0.261 e. The molecule has 0 aliphatic carbocycles. The number of amides is 1. The molecule has 2 aromatic heterocycles. The Kier molecular flexibility index (Phi) is 5.37. The Morgan fingerprint density at radius 2 is 2.00 bits per heavy atom. The van der Waals surface area contributed by atoms with Gasteiger partial charge in [-0.3, -0.25) is 9.78 Å². The first kappa shape index (κ1) is 18.2. The van der Waals surface area contributed by atoms with Gasteiger partial charge in [-0.05, 0) is 38.0 Å². The van der Waals surface area contributed by atoms with Crippen LogP contribution in [0, 0.1) is 0 Å². The summed E-state index contributed by atoms with van der Waals surface area (Å²) in [4.78, 5) is 23.7. The van der Waals surface area contributed by atoms with E-state index in [2.05, 4.69) is 20.2 Å². The van der Waals surface area contributed by atoms with Gasteiger partial charge >= 0.3 is 0 Å².